The predicted molar refractivity (Wildman–Crippen MR) is 633 cm³/mol. The summed E-state index contributed by atoms with van der Waals surface area (Å²) in [5, 5.41) is 46.5. The molecule has 0 aliphatic carbocycles. The molecule has 26 aromatic carbocycles. The molecule has 0 radical (unpaired) electrons. The molecule has 0 bridgehead atoms. The van der Waals surface area contributed by atoms with E-state index in [9.17, 15) is 0 Å². The highest BCUT2D eigenvalue weighted by molar-refractivity contribution is 7.28. The lowest BCUT2D eigenvalue weighted by atomic mass is 9.89. The van der Waals surface area contributed by atoms with Crippen molar-refractivity contribution in [2.45, 2.75) is 0 Å². The summed E-state index contributed by atoms with van der Waals surface area (Å²) in [4.78, 5) is 0. The van der Waals surface area contributed by atoms with Gasteiger partial charge < -0.3 is 27.1 Å². The van der Waals surface area contributed by atoms with E-state index in [0.717, 1.165) is 66.6 Å². The van der Waals surface area contributed by atoms with E-state index in [0.29, 0.717) is 0 Å². The average Bonchev–Trinajstić information content (AvgIpc) is 1.53. The summed E-state index contributed by atoms with van der Waals surface area (Å²) in [6.07, 6.45) is 0. The zero-order valence-electron chi connectivity index (χ0n) is 78.9. The number of para-hydroxylation sites is 8. The fraction of sp³-hybridized carbons (Fsp3) is 0. The monoisotopic (exact) mass is 1920 g/mol. The van der Waals surface area contributed by atoms with E-state index >= 15 is 0 Å². The zero-order chi connectivity index (χ0) is 95.6. The van der Waals surface area contributed by atoms with Gasteiger partial charge in [-0.2, -0.15) is 0 Å². The molecule has 6 nitrogen and oxygen atoms in total. The van der Waals surface area contributed by atoms with Crippen LogP contribution < -0.4 is 0 Å². The molecule has 680 valence electrons. The van der Waals surface area contributed by atoms with Gasteiger partial charge >= 0.3 is 0 Å². The van der Waals surface area contributed by atoms with Crippen LogP contribution in [-0.2, 0) is 0 Å². The van der Waals surface area contributed by atoms with E-state index in [1.165, 1.54) is 256 Å². The summed E-state index contributed by atoms with van der Waals surface area (Å²) < 4.78 is 30.5. The van der Waals surface area contributed by atoms with Crippen molar-refractivity contribution >= 4 is 323 Å². The number of hydrogen-bond donors (Lipinski definition) is 0. The highest BCUT2D eigenvalue weighted by Crippen LogP contribution is 2.58. The summed E-state index contributed by atoms with van der Waals surface area (Å²) in [7, 11) is 0. The van der Waals surface area contributed by atoms with E-state index in [2.05, 4.69) is 479 Å². The minimum Gasteiger partial charge on any atom is -0.456 e. The average molecular weight is 1920 g/mol. The van der Waals surface area contributed by atoms with Gasteiger partial charge in [-0.15, -0.1) is 34.0 Å². The molecule has 0 aliphatic rings. The van der Waals surface area contributed by atoms with Gasteiger partial charge in [-0.25, -0.2) is 0 Å². The smallest absolute Gasteiger partial charge is 0.137 e. The Balaban J connectivity index is 0.0000000971. The van der Waals surface area contributed by atoms with Crippen molar-refractivity contribution in [3.63, 3.8) is 0 Å². The molecule has 147 heavy (non-hydrogen) atoms. The van der Waals surface area contributed by atoms with Crippen LogP contribution in [0.1, 0.15) is 0 Å². The third kappa shape index (κ3) is 11.4. The summed E-state index contributed by atoms with van der Waals surface area (Å²) in [5.74, 6) is 0. The van der Waals surface area contributed by atoms with Crippen molar-refractivity contribution in [2.75, 3.05) is 0 Å². The Bertz CT molecular complexity index is 12000. The van der Waals surface area contributed by atoms with Gasteiger partial charge in [0.2, 0.25) is 0 Å². The van der Waals surface area contributed by atoms with Gasteiger partial charge in [-0.05, 0) is 179 Å². The maximum absolute atomic E-state index is 6.42. The number of fused-ring (bicyclic) bond motifs is 54. The molecule has 9 heterocycles. The Hall–Kier alpha value is -18.5. The minimum atomic E-state index is 0.907. The zero-order valence-corrected chi connectivity index (χ0v) is 81.3. The van der Waals surface area contributed by atoms with Gasteiger partial charge in [0.1, 0.15) is 22.3 Å². The van der Waals surface area contributed by atoms with Crippen molar-refractivity contribution in [1.29, 1.82) is 0 Å². The molecule has 0 fully saturated rings. The molecule has 0 amide bonds. The van der Waals surface area contributed by atoms with Crippen LogP contribution >= 0.6 is 34.0 Å². The first kappa shape index (κ1) is 81.1. The van der Waals surface area contributed by atoms with E-state index in [-0.39, 0.29) is 0 Å². The second-order valence-electron chi connectivity index (χ2n) is 39.2. The molecule has 35 rings (SSSR count). The van der Waals surface area contributed by atoms with Gasteiger partial charge in [-0.3, -0.25) is 0 Å². The minimum absolute atomic E-state index is 0.907. The van der Waals surface area contributed by atoms with Crippen molar-refractivity contribution in [3.05, 3.63) is 473 Å². The van der Waals surface area contributed by atoms with Gasteiger partial charge in [0.05, 0.1) is 58.2 Å². The Morgan fingerprint density at radius 2 is 0.415 bits per heavy atom. The van der Waals surface area contributed by atoms with Gasteiger partial charge in [0.25, 0.3) is 0 Å². The summed E-state index contributed by atoms with van der Waals surface area (Å²) in [6, 6.07) is 173. The van der Waals surface area contributed by atoms with E-state index in [4.69, 9.17) is 8.83 Å². The first-order valence-electron chi connectivity index (χ1n) is 50.3. The topological polar surface area (TPSA) is 46.0 Å². The molecule has 0 spiro atoms. The van der Waals surface area contributed by atoms with E-state index in [1.54, 1.807) is 0 Å². The number of benzene rings is 26. The van der Waals surface area contributed by atoms with Crippen LogP contribution in [0.2, 0.25) is 0 Å². The number of rotatable bonds is 5. The highest BCUT2D eigenvalue weighted by atomic mass is 32.1. The highest BCUT2D eigenvalue weighted by Gasteiger charge is 2.32. The standard InChI is InChI=1S/C54H32N2S.2C42H23NOS/c1-2-15-34(16-3-1)55-45-26-11-8-19-39(45)42-25-14-24-36(52(42)55)33-29-31-35(32-30-33)56-46-27-12-9-22-43(46)50-48-40-20-6-4-17-37(40)38-18-5-7-21-41(38)49(48)51-44-23-10-13-28-47(44)57-54(51)53(50)56;1-3-14-29-25(11-1)26-12-2-4-15-30(26)38-37(29)39-31-16-5-8-18-33(31)43(41(39)42-40(38)32-17-7-10-20-36(32)45-42)24-21-22-28-27-13-6-9-19-34(27)44-35(28)23-24;1-3-14-28-25(11-1)26-12-2-4-15-29(26)38-37(28)39-30-16-5-8-18-33(30)43(41(39)42-40(38)31-17-7-10-20-36(31)45-42)24-21-22-35-32(23-24)27-13-6-9-19-34(27)44-35/h1-32H;2*1-23H. The molecule has 0 unspecified atom stereocenters. The lowest BCUT2D eigenvalue weighted by Crippen LogP contribution is -1.96. The van der Waals surface area contributed by atoms with Crippen molar-refractivity contribution in [1.82, 2.24) is 18.3 Å². The maximum atomic E-state index is 6.42. The summed E-state index contributed by atoms with van der Waals surface area (Å²) in [6.45, 7) is 0. The van der Waals surface area contributed by atoms with Crippen LogP contribution in [0, 0.1) is 0 Å². The Morgan fingerprint density at radius 3 is 0.837 bits per heavy atom. The van der Waals surface area contributed by atoms with Gasteiger partial charge in [0.15, 0.2) is 0 Å². The fourth-order valence-corrected chi connectivity index (χ4v) is 29.6. The second kappa shape index (κ2) is 31.0. The Labute approximate surface area is 849 Å². The molecule has 0 N–H and O–H groups in total. The number of aromatic nitrogens is 4. The lowest BCUT2D eigenvalue weighted by Gasteiger charge is -2.15. The third-order valence-electron chi connectivity index (χ3n) is 31.7. The SMILES string of the molecule is c1ccc(-n2c3ccccc3c3cccc(-c4ccc(-n5c6ccccc6c6c7c8ccccc8c8ccccc8c7c7c8ccccc8sc7c65)cc4)c32)cc1.c1ccc2c(c1)oc1cc(-n3c4ccccc4c4c5c6ccccc6c6ccccc6c5c5c6ccccc6sc5c43)ccc12.c1ccc2c(c1)oc1ccc(-n3c4ccccc4c4c5c6ccccc6c6ccccc6c5c5c6ccccc6sc5c43)cc12. The number of nitrogens with zero attached hydrogens (tertiary/aromatic N) is 4. The van der Waals surface area contributed by atoms with Crippen LogP contribution in [0.4, 0.5) is 0 Å². The predicted octanol–water partition coefficient (Wildman–Crippen LogP) is 40.4. The largest absolute Gasteiger partial charge is 0.456 e. The van der Waals surface area contributed by atoms with Crippen LogP contribution in [0.3, 0.4) is 0 Å². The van der Waals surface area contributed by atoms with Crippen LogP contribution in [0.5, 0.6) is 0 Å². The molecular formula is C138H78N4O2S3. The van der Waals surface area contributed by atoms with E-state index < -0.39 is 0 Å². The van der Waals surface area contributed by atoms with E-state index in [1.807, 2.05) is 46.1 Å². The molecule has 9 heteroatoms. The van der Waals surface area contributed by atoms with Crippen LogP contribution in [0.25, 0.3) is 322 Å². The quantitative estimate of drug-likeness (QED) is 0.161. The summed E-state index contributed by atoms with van der Waals surface area (Å²) >= 11 is 5.74. The van der Waals surface area contributed by atoms with Gasteiger partial charge in [0, 0.05) is 178 Å². The number of thiophene rings is 3. The molecule has 0 atom stereocenters. The fourth-order valence-electron chi connectivity index (χ4n) is 25.9. The second-order valence-corrected chi connectivity index (χ2v) is 42.3. The Kier molecular flexibility index (Phi) is 17.1. The van der Waals surface area contributed by atoms with Crippen molar-refractivity contribution in [3.8, 4) is 33.9 Å². The van der Waals surface area contributed by atoms with Crippen molar-refractivity contribution < 1.29 is 8.83 Å². The molecule has 9 aromatic heterocycles. The molecule has 35 aromatic rings. The molecule has 0 aliphatic heterocycles. The number of furan rings is 2. The molecule has 0 saturated heterocycles. The van der Waals surface area contributed by atoms with Gasteiger partial charge in [-0.1, -0.05) is 358 Å². The molecule has 0 saturated carbocycles. The van der Waals surface area contributed by atoms with Crippen LogP contribution in [0.15, 0.2) is 482 Å². The normalized spacial score (nSPS) is 12.4. The number of hydrogen-bond acceptors (Lipinski definition) is 5. The third-order valence-corrected chi connectivity index (χ3v) is 35.3. The lowest BCUT2D eigenvalue weighted by molar-refractivity contribution is 0.668. The first-order valence-corrected chi connectivity index (χ1v) is 52.8. The first-order chi connectivity index (χ1) is 73.0. The maximum Gasteiger partial charge on any atom is 0.137 e. The van der Waals surface area contributed by atoms with Crippen molar-refractivity contribution in [2.24, 2.45) is 0 Å². The van der Waals surface area contributed by atoms with Crippen LogP contribution in [-0.4, -0.2) is 18.3 Å². The summed E-state index contributed by atoms with van der Waals surface area (Å²) in [5.41, 5.74) is 20.5. The molecular weight excluding hydrogens is 1840 g/mol. The Morgan fingerprint density at radius 1 is 0.143 bits per heavy atom.